The summed E-state index contributed by atoms with van der Waals surface area (Å²) in [7, 11) is 1.81. The van der Waals surface area contributed by atoms with E-state index in [0.29, 0.717) is 6.54 Å². The summed E-state index contributed by atoms with van der Waals surface area (Å²) in [5, 5.41) is 0. The highest BCUT2D eigenvalue weighted by Gasteiger charge is 2.30. The van der Waals surface area contributed by atoms with E-state index in [9.17, 15) is 4.79 Å². The number of nitrogens with two attached hydrogens (primary N) is 1. The Labute approximate surface area is 104 Å². The van der Waals surface area contributed by atoms with E-state index >= 15 is 0 Å². The topological polar surface area (TPSA) is 58.8 Å². The van der Waals surface area contributed by atoms with Crippen molar-refractivity contribution in [3.8, 4) is 0 Å². The second-order valence-corrected chi connectivity index (χ2v) is 5.62. The molecule has 1 unspecified atom stereocenters. The molecular formula is C12H25N3O2. The second-order valence-electron chi connectivity index (χ2n) is 5.62. The molecule has 1 fully saturated rings. The van der Waals surface area contributed by atoms with E-state index in [0.717, 1.165) is 26.1 Å². The monoisotopic (exact) mass is 243 g/mol. The van der Waals surface area contributed by atoms with Gasteiger partial charge >= 0.3 is 6.09 Å². The largest absolute Gasteiger partial charge is 0.444 e. The molecule has 1 atom stereocenters. The summed E-state index contributed by atoms with van der Waals surface area (Å²) in [4.78, 5) is 15.9. The SMILES string of the molecule is CN(C(=O)OC(C)(C)C)C1CCN(CCN)C1. The van der Waals surface area contributed by atoms with Crippen molar-refractivity contribution < 1.29 is 9.53 Å². The van der Waals surface area contributed by atoms with Gasteiger partial charge in [-0.3, -0.25) is 4.90 Å². The number of amides is 1. The smallest absolute Gasteiger partial charge is 0.410 e. The van der Waals surface area contributed by atoms with Crippen molar-refractivity contribution in [3.05, 3.63) is 0 Å². The van der Waals surface area contributed by atoms with E-state index < -0.39 is 5.60 Å². The number of hydrogen-bond donors (Lipinski definition) is 1. The standard InChI is InChI=1S/C12H25N3O2/c1-12(2,3)17-11(16)14(4)10-5-7-15(9-10)8-6-13/h10H,5-9,13H2,1-4H3. The summed E-state index contributed by atoms with van der Waals surface area (Å²) in [6, 6.07) is 0.247. The number of ether oxygens (including phenoxy) is 1. The fourth-order valence-electron chi connectivity index (χ4n) is 2.00. The number of likely N-dealkylation sites (N-methyl/N-ethyl adjacent to an activating group) is 1. The van der Waals surface area contributed by atoms with Gasteiger partial charge in [-0.2, -0.15) is 0 Å². The van der Waals surface area contributed by atoms with Crippen molar-refractivity contribution >= 4 is 6.09 Å². The molecule has 0 spiro atoms. The normalized spacial score (nSPS) is 21.6. The third-order valence-electron chi connectivity index (χ3n) is 2.92. The van der Waals surface area contributed by atoms with Crippen molar-refractivity contribution in [2.45, 2.75) is 38.8 Å². The third kappa shape index (κ3) is 4.52. The van der Waals surface area contributed by atoms with E-state index in [1.54, 1.807) is 4.90 Å². The third-order valence-corrected chi connectivity index (χ3v) is 2.92. The number of nitrogens with zero attached hydrogens (tertiary/aromatic N) is 2. The van der Waals surface area contributed by atoms with Gasteiger partial charge < -0.3 is 15.4 Å². The maximum absolute atomic E-state index is 11.9. The van der Waals surface area contributed by atoms with E-state index in [4.69, 9.17) is 10.5 Å². The summed E-state index contributed by atoms with van der Waals surface area (Å²) in [6.45, 7) is 9.12. The summed E-state index contributed by atoms with van der Waals surface area (Å²) in [5.41, 5.74) is 5.10. The maximum Gasteiger partial charge on any atom is 0.410 e. The molecule has 100 valence electrons. The number of carbonyl (C=O) groups is 1. The van der Waals surface area contributed by atoms with Gasteiger partial charge in [0.05, 0.1) is 0 Å². The lowest BCUT2D eigenvalue weighted by Gasteiger charge is -2.28. The van der Waals surface area contributed by atoms with Crippen molar-refractivity contribution in [2.75, 3.05) is 33.2 Å². The van der Waals surface area contributed by atoms with Gasteiger partial charge in [-0.15, -0.1) is 0 Å². The van der Waals surface area contributed by atoms with Crippen molar-refractivity contribution in [1.29, 1.82) is 0 Å². The Balaban J connectivity index is 2.43. The van der Waals surface area contributed by atoms with Gasteiger partial charge in [0.2, 0.25) is 0 Å². The van der Waals surface area contributed by atoms with Gasteiger partial charge in [0.15, 0.2) is 0 Å². The predicted molar refractivity (Wildman–Crippen MR) is 67.9 cm³/mol. The summed E-state index contributed by atoms with van der Waals surface area (Å²) in [5.74, 6) is 0. The second kappa shape index (κ2) is 5.69. The minimum Gasteiger partial charge on any atom is -0.444 e. The van der Waals surface area contributed by atoms with Crippen LogP contribution in [0.25, 0.3) is 0 Å². The highest BCUT2D eigenvalue weighted by Crippen LogP contribution is 2.17. The first-order valence-corrected chi connectivity index (χ1v) is 6.21. The van der Waals surface area contributed by atoms with Gasteiger partial charge in [0.1, 0.15) is 5.60 Å². The number of carbonyl (C=O) groups excluding carboxylic acids is 1. The zero-order valence-corrected chi connectivity index (χ0v) is 11.4. The quantitative estimate of drug-likeness (QED) is 0.799. The first kappa shape index (κ1) is 14.3. The minimum atomic E-state index is -0.430. The zero-order valence-electron chi connectivity index (χ0n) is 11.4. The average molecular weight is 243 g/mol. The molecule has 0 aliphatic carbocycles. The summed E-state index contributed by atoms with van der Waals surface area (Å²) in [6.07, 6.45) is 0.757. The Bertz CT molecular complexity index is 263. The highest BCUT2D eigenvalue weighted by molar-refractivity contribution is 5.68. The molecule has 2 N–H and O–H groups in total. The summed E-state index contributed by atoms with van der Waals surface area (Å²) < 4.78 is 5.35. The Morgan fingerprint density at radius 3 is 2.71 bits per heavy atom. The molecule has 1 amide bonds. The van der Waals surface area contributed by atoms with Gasteiger partial charge in [-0.25, -0.2) is 4.79 Å². The van der Waals surface area contributed by atoms with E-state index in [1.165, 1.54) is 0 Å². The Morgan fingerprint density at radius 1 is 1.53 bits per heavy atom. The lowest BCUT2D eigenvalue weighted by Crippen LogP contribution is -2.42. The van der Waals surface area contributed by atoms with Gasteiger partial charge in [-0.1, -0.05) is 0 Å². The van der Waals surface area contributed by atoms with Crippen LogP contribution in [0, 0.1) is 0 Å². The van der Waals surface area contributed by atoms with Crippen LogP contribution in [-0.4, -0.2) is 60.8 Å². The summed E-state index contributed by atoms with van der Waals surface area (Å²) >= 11 is 0. The predicted octanol–water partition coefficient (Wildman–Crippen LogP) is 0.886. The molecule has 1 aliphatic rings. The molecule has 0 aromatic carbocycles. The van der Waals surface area contributed by atoms with Crippen molar-refractivity contribution in [3.63, 3.8) is 0 Å². The first-order chi connectivity index (χ1) is 7.83. The number of rotatable bonds is 3. The molecule has 1 heterocycles. The Hall–Kier alpha value is -0.810. The molecule has 5 nitrogen and oxygen atoms in total. The van der Waals surface area contributed by atoms with Crippen LogP contribution in [0.3, 0.4) is 0 Å². The van der Waals surface area contributed by atoms with E-state index in [2.05, 4.69) is 4.90 Å². The van der Waals surface area contributed by atoms with Crippen LogP contribution in [0.4, 0.5) is 4.79 Å². The molecule has 0 bridgehead atoms. The molecule has 1 saturated heterocycles. The molecule has 0 aromatic heterocycles. The Kier molecular flexibility index (Phi) is 4.77. The lowest BCUT2D eigenvalue weighted by atomic mass is 10.2. The van der Waals surface area contributed by atoms with E-state index in [1.807, 2.05) is 27.8 Å². The van der Waals surface area contributed by atoms with Crippen LogP contribution in [0.1, 0.15) is 27.2 Å². The molecule has 5 heteroatoms. The highest BCUT2D eigenvalue weighted by atomic mass is 16.6. The van der Waals surface area contributed by atoms with Crippen LogP contribution in [0.2, 0.25) is 0 Å². The molecule has 1 aliphatic heterocycles. The van der Waals surface area contributed by atoms with E-state index in [-0.39, 0.29) is 12.1 Å². The Morgan fingerprint density at radius 2 is 2.18 bits per heavy atom. The van der Waals surface area contributed by atoms with Crippen molar-refractivity contribution in [2.24, 2.45) is 5.73 Å². The van der Waals surface area contributed by atoms with Crippen LogP contribution in [-0.2, 0) is 4.74 Å². The van der Waals surface area contributed by atoms with Crippen LogP contribution >= 0.6 is 0 Å². The lowest BCUT2D eigenvalue weighted by molar-refractivity contribution is 0.0229. The molecule has 0 radical (unpaired) electrons. The van der Waals surface area contributed by atoms with Crippen LogP contribution < -0.4 is 5.73 Å². The number of likely N-dealkylation sites (tertiary alicyclic amines) is 1. The van der Waals surface area contributed by atoms with Crippen LogP contribution in [0.5, 0.6) is 0 Å². The minimum absolute atomic E-state index is 0.239. The molecule has 0 aromatic rings. The fourth-order valence-corrected chi connectivity index (χ4v) is 2.00. The van der Waals surface area contributed by atoms with Crippen molar-refractivity contribution in [1.82, 2.24) is 9.80 Å². The average Bonchev–Trinajstić information content (AvgIpc) is 2.63. The van der Waals surface area contributed by atoms with Crippen LogP contribution in [0.15, 0.2) is 0 Å². The molecule has 17 heavy (non-hydrogen) atoms. The maximum atomic E-state index is 11.9. The fraction of sp³-hybridized carbons (Fsp3) is 0.917. The van der Waals surface area contributed by atoms with Gasteiger partial charge in [0.25, 0.3) is 0 Å². The molecular weight excluding hydrogens is 218 g/mol. The zero-order chi connectivity index (χ0) is 13.1. The van der Waals surface area contributed by atoms with Gasteiger partial charge in [-0.05, 0) is 27.2 Å². The number of hydrogen-bond acceptors (Lipinski definition) is 4. The molecule has 0 saturated carbocycles. The first-order valence-electron chi connectivity index (χ1n) is 6.21. The van der Waals surface area contributed by atoms with Gasteiger partial charge in [0, 0.05) is 39.3 Å². The molecule has 1 rings (SSSR count).